The summed E-state index contributed by atoms with van der Waals surface area (Å²) in [7, 11) is 0. The molecule has 1 aromatic carbocycles. The molecule has 1 fully saturated rings. The molecule has 0 atom stereocenters. The van der Waals surface area contributed by atoms with Crippen molar-refractivity contribution in [2.45, 2.75) is 19.3 Å². The first kappa shape index (κ1) is 13.7. The van der Waals surface area contributed by atoms with E-state index in [-0.39, 0.29) is 11.3 Å². The predicted molar refractivity (Wildman–Crippen MR) is 68.1 cm³/mol. The molecule has 0 saturated carbocycles. The van der Waals surface area contributed by atoms with Crippen LogP contribution < -0.4 is 4.74 Å². The molecule has 1 aromatic rings. The van der Waals surface area contributed by atoms with Gasteiger partial charge in [0.2, 0.25) is 0 Å². The summed E-state index contributed by atoms with van der Waals surface area (Å²) >= 11 is 3.19. The van der Waals surface area contributed by atoms with Gasteiger partial charge in [0.15, 0.2) is 0 Å². The Kier molecular flexibility index (Phi) is 4.95. The maximum Gasteiger partial charge on any atom is 0.267 e. The standard InChI is InChI=1S/C13H15BrF2O2/c14-10-1-2-12(11(7-10)13(15)16)18-8-9-3-5-17-6-4-9/h1-2,7,9,13H,3-6,8H2. The topological polar surface area (TPSA) is 18.5 Å². The maximum absolute atomic E-state index is 12.9. The van der Waals surface area contributed by atoms with E-state index < -0.39 is 6.43 Å². The highest BCUT2D eigenvalue weighted by atomic mass is 79.9. The highest BCUT2D eigenvalue weighted by molar-refractivity contribution is 9.10. The highest BCUT2D eigenvalue weighted by Gasteiger charge is 2.18. The van der Waals surface area contributed by atoms with Gasteiger partial charge in [0.25, 0.3) is 6.43 Å². The first-order chi connectivity index (χ1) is 8.66. The molecule has 0 aliphatic carbocycles. The summed E-state index contributed by atoms with van der Waals surface area (Å²) in [5, 5.41) is 0. The summed E-state index contributed by atoms with van der Waals surface area (Å²) in [6, 6.07) is 4.71. The Bertz CT molecular complexity index is 393. The van der Waals surface area contributed by atoms with Gasteiger partial charge in [-0.1, -0.05) is 15.9 Å². The molecule has 0 N–H and O–H groups in total. The number of ether oxygens (including phenoxy) is 2. The number of alkyl halides is 2. The van der Waals surface area contributed by atoms with Crippen molar-refractivity contribution in [3.63, 3.8) is 0 Å². The highest BCUT2D eigenvalue weighted by Crippen LogP contribution is 2.32. The van der Waals surface area contributed by atoms with Crippen molar-refractivity contribution in [2.75, 3.05) is 19.8 Å². The molecule has 2 nitrogen and oxygen atoms in total. The van der Waals surface area contributed by atoms with Crippen LogP contribution in [0.25, 0.3) is 0 Å². The van der Waals surface area contributed by atoms with E-state index in [1.54, 1.807) is 12.1 Å². The molecule has 0 unspecified atom stereocenters. The number of halogens is 3. The minimum atomic E-state index is -2.52. The molecule has 1 heterocycles. The fourth-order valence-electron chi connectivity index (χ4n) is 1.94. The lowest BCUT2D eigenvalue weighted by Gasteiger charge is -2.22. The second-order valence-electron chi connectivity index (χ2n) is 4.35. The van der Waals surface area contributed by atoms with Gasteiger partial charge in [0.1, 0.15) is 5.75 Å². The third kappa shape index (κ3) is 3.65. The van der Waals surface area contributed by atoms with Crippen LogP contribution in [0.4, 0.5) is 8.78 Å². The molecule has 0 spiro atoms. The van der Waals surface area contributed by atoms with E-state index in [9.17, 15) is 8.78 Å². The molecule has 0 amide bonds. The fraction of sp³-hybridized carbons (Fsp3) is 0.538. The van der Waals surface area contributed by atoms with Crippen LogP contribution in [0, 0.1) is 5.92 Å². The van der Waals surface area contributed by atoms with E-state index in [2.05, 4.69) is 15.9 Å². The summed E-state index contributed by atoms with van der Waals surface area (Å²) in [6.45, 7) is 1.94. The Hall–Kier alpha value is -0.680. The smallest absolute Gasteiger partial charge is 0.267 e. The van der Waals surface area contributed by atoms with Crippen LogP contribution in [-0.2, 0) is 4.74 Å². The molecular formula is C13H15BrF2O2. The van der Waals surface area contributed by atoms with Gasteiger partial charge in [-0.15, -0.1) is 0 Å². The van der Waals surface area contributed by atoms with E-state index >= 15 is 0 Å². The van der Waals surface area contributed by atoms with Crippen molar-refractivity contribution in [3.8, 4) is 5.75 Å². The van der Waals surface area contributed by atoms with Crippen molar-refractivity contribution in [1.29, 1.82) is 0 Å². The Morgan fingerprint density at radius 2 is 2.06 bits per heavy atom. The predicted octanol–water partition coefficient (Wildman–Crippen LogP) is 4.19. The van der Waals surface area contributed by atoms with Crippen molar-refractivity contribution in [2.24, 2.45) is 5.92 Å². The van der Waals surface area contributed by atoms with Crippen LogP contribution in [0.15, 0.2) is 22.7 Å². The van der Waals surface area contributed by atoms with Crippen molar-refractivity contribution in [1.82, 2.24) is 0 Å². The van der Waals surface area contributed by atoms with Gasteiger partial charge in [0, 0.05) is 17.7 Å². The zero-order valence-electron chi connectivity index (χ0n) is 9.87. The van der Waals surface area contributed by atoms with Crippen LogP contribution in [0.1, 0.15) is 24.8 Å². The van der Waals surface area contributed by atoms with Crippen molar-refractivity contribution in [3.05, 3.63) is 28.2 Å². The molecular weight excluding hydrogens is 306 g/mol. The normalized spacial score (nSPS) is 17.1. The number of benzene rings is 1. The van der Waals surface area contributed by atoms with Gasteiger partial charge >= 0.3 is 0 Å². The Morgan fingerprint density at radius 1 is 1.33 bits per heavy atom. The van der Waals surface area contributed by atoms with Crippen LogP contribution in [-0.4, -0.2) is 19.8 Å². The second-order valence-corrected chi connectivity index (χ2v) is 5.27. The summed E-state index contributed by atoms with van der Waals surface area (Å²) in [4.78, 5) is 0. The SMILES string of the molecule is FC(F)c1cc(Br)ccc1OCC1CCOCC1. The molecule has 18 heavy (non-hydrogen) atoms. The molecule has 1 aliphatic heterocycles. The van der Waals surface area contributed by atoms with Gasteiger partial charge in [-0.25, -0.2) is 8.78 Å². The summed E-state index contributed by atoms with van der Waals surface area (Å²) in [5.41, 5.74) is -0.0589. The third-order valence-corrected chi connectivity index (χ3v) is 3.52. The van der Waals surface area contributed by atoms with Gasteiger partial charge in [-0.05, 0) is 37.0 Å². The summed E-state index contributed by atoms with van der Waals surface area (Å²) in [6.07, 6.45) is -0.659. The summed E-state index contributed by atoms with van der Waals surface area (Å²) < 4.78 is 37.1. The maximum atomic E-state index is 12.9. The third-order valence-electron chi connectivity index (χ3n) is 3.02. The van der Waals surface area contributed by atoms with E-state index in [1.807, 2.05) is 0 Å². The average Bonchev–Trinajstić information content (AvgIpc) is 2.38. The van der Waals surface area contributed by atoms with Crippen LogP contribution in [0.2, 0.25) is 0 Å². The molecule has 100 valence electrons. The quantitative estimate of drug-likeness (QED) is 0.828. The minimum absolute atomic E-state index is 0.0589. The summed E-state index contributed by atoms with van der Waals surface area (Å²) in [5.74, 6) is 0.674. The van der Waals surface area contributed by atoms with Gasteiger partial charge in [-0.2, -0.15) is 0 Å². The van der Waals surface area contributed by atoms with Gasteiger partial charge in [-0.3, -0.25) is 0 Å². The lowest BCUT2D eigenvalue weighted by atomic mass is 10.0. The van der Waals surface area contributed by atoms with Gasteiger partial charge in [0.05, 0.1) is 12.2 Å². The fourth-order valence-corrected chi connectivity index (χ4v) is 2.32. The minimum Gasteiger partial charge on any atom is -0.493 e. The molecule has 1 saturated heterocycles. The average molecular weight is 321 g/mol. The van der Waals surface area contributed by atoms with Gasteiger partial charge < -0.3 is 9.47 Å². The van der Waals surface area contributed by atoms with Crippen molar-refractivity contribution >= 4 is 15.9 Å². The van der Waals surface area contributed by atoms with Crippen LogP contribution in [0.3, 0.4) is 0 Å². The Labute approximate surface area is 113 Å². The molecule has 0 radical (unpaired) electrons. The molecule has 5 heteroatoms. The number of hydrogen-bond donors (Lipinski definition) is 0. The zero-order chi connectivity index (χ0) is 13.0. The Balaban J connectivity index is 1.99. The largest absolute Gasteiger partial charge is 0.493 e. The first-order valence-corrected chi connectivity index (χ1v) is 6.74. The number of rotatable bonds is 4. The van der Waals surface area contributed by atoms with E-state index in [0.717, 1.165) is 26.1 Å². The monoisotopic (exact) mass is 320 g/mol. The van der Waals surface area contributed by atoms with E-state index in [1.165, 1.54) is 6.07 Å². The first-order valence-electron chi connectivity index (χ1n) is 5.95. The lowest BCUT2D eigenvalue weighted by Crippen LogP contribution is -2.21. The van der Waals surface area contributed by atoms with E-state index in [4.69, 9.17) is 9.47 Å². The second kappa shape index (κ2) is 6.48. The molecule has 0 aromatic heterocycles. The lowest BCUT2D eigenvalue weighted by molar-refractivity contribution is 0.0487. The zero-order valence-corrected chi connectivity index (χ0v) is 11.5. The molecule has 0 bridgehead atoms. The van der Waals surface area contributed by atoms with Crippen molar-refractivity contribution < 1.29 is 18.3 Å². The Morgan fingerprint density at radius 3 is 2.72 bits per heavy atom. The molecule has 1 aliphatic rings. The molecule has 2 rings (SSSR count). The van der Waals surface area contributed by atoms with Crippen LogP contribution >= 0.6 is 15.9 Å². The van der Waals surface area contributed by atoms with Crippen LogP contribution in [0.5, 0.6) is 5.75 Å². The van der Waals surface area contributed by atoms with E-state index in [0.29, 0.717) is 17.0 Å². The number of hydrogen-bond acceptors (Lipinski definition) is 2.